The SMILES string of the molecule is CCCC(CC)Nc1cc(C)nn1CCO. The monoisotopic (exact) mass is 225 g/mol. The van der Waals surface area contributed by atoms with Crippen molar-refractivity contribution in [2.75, 3.05) is 11.9 Å². The molecule has 0 amide bonds. The average molecular weight is 225 g/mol. The van der Waals surface area contributed by atoms with Crippen molar-refractivity contribution in [3.05, 3.63) is 11.8 Å². The minimum absolute atomic E-state index is 0.125. The van der Waals surface area contributed by atoms with Crippen LogP contribution in [0.25, 0.3) is 0 Å². The predicted molar refractivity (Wildman–Crippen MR) is 66.7 cm³/mol. The maximum atomic E-state index is 8.96. The van der Waals surface area contributed by atoms with Crippen LogP contribution in [0.15, 0.2) is 6.07 Å². The summed E-state index contributed by atoms with van der Waals surface area (Å²) < 4.78 is 1.84. The molecule has 92 valence electrons. The smallest absolute Gasteiger partial charge is 0.124 e. The number of hydrogen-bond donors (Lipinski definition) is 2. The van der Waals surface area contributed by atoms with Crippen molar-refractivity contribution in [2.45, 2.75) is 52.6 Å². The second-order valence-electron chi connectivity index (χ2n) is 4.16. The number of aliphatic hydroxyl groups excluding tert-OH is 1. The van der Waals surface area contributed by atoms with Gasteiger partial charge in [0.05, 0.1) is 18.8 Å². The highest BCUT2D eigenvalue weighted by Crippen LogP contribution is 2.14. The first-order valence-corrected chi connectivity index (χ1v) is 6.13. The molecule has 0 aliphatic carbocycles. The lowest BCUT2D eigenvalue weighted by Gasteiger charge is -2.17. The minimum atomic E-state index is 0.125. The van der Waals surface area contributed by atoms with Crippen LogP contribution >= 0.6 is 0 Å². The fourth-order valence-corrected chi connectivity index (χ4v) is 1.86. The third-order valence-electron chi connectivity index (χ3n) is 2.70. The Kier molecular flexibility index (Phi) is 5.32. The highest BCUT2D eigenvalue weighted by Gasteiger charge is 2.09. The van der Waals surface area contributed by atoms with Gasteiger partial charge in [-0.1, -0.05) is 20.3 Å². The lowest BCUT2D eigenvalue weighted by atomic mass is 10.1. The lowest BCUT2D eigenvalue weighted by Crippen LogP contribution is -2.21. The third kappa shape index (κ3) is 3.52. The summed E-state index contributed by atoms with van der Waals surface area (Å²) in [5.74, 6) is 1.02. The van der Waals surface area contributed by atoms with Crippen LogP contribution in [0.2, 0.25) is 0 Å². The van der Waals surface area contributed by atoms with E-state index in [2.05, 4.69) is 24.3 Å². The largest absolute Gasteiger partial charge is 0.394 e. The van der Waals surface area contributed by atoms with Gasteiger partial charge in [0, 0.05) is 12.1 Å². The van der Waals surface area contributed by atoms with E-state index in [0.717, 1.165) is 17.9 Å². The number of aryl methyl sites for hydroxylation is 1. The van der Waals surface area contributed by atoms with Crippen molar-refractivity contribution in [3.8, 4) is 0 Å². The maximum Gasteiger partial charge on any atom is 0.124 e. The number of aromatic nitrogens is 2. The topological polar surface area (TPSA) is 50.1 Å². The molecule has 16 heavy (non-hydrogen) atoms. The number of nitrogens with zero attached hydrogens (tertiary/aromatic N) is 2. The van der Waals surface area contributed by atoms with Gasteiger partial charge >= 0.3 is 0 Å². The van der Waals surface area contributed by atoms with E-state index in [9.17, 15) is 0 Å². The average Bonchev–Trinajstić information content (AvgIpc) is 2.59. The van der Waals surface area contributed by atoms with Gasteiger partial charge in [0.25, 0.3) is 0 Å². The Morgan fingerprint density at radius 1 is 1.50 bits per heavy atom. The van der Waals surface area contributed by atoms with Crippen molar-refractivity contribution < 1.29 is 5.11 Å². The van der Waals surface area contributed by atoms with Crippen LogP contribution in [0, 0.1) is 6.92 Å². The van der Waals surface area contributed by atoms with E-state index in [-0.39, 0.29) is 6.61 Å². The Bertz CT molecular complexity index is 309. The summed E-state index contributed by atoms with van der Waals surface area (Å²) in [5.41, 5.74) is 0.988. The molecule has 1 heterocycles. The number of aliphatic hydroxyl groups is 1. The molecule has 0 bridgehead atoms. The summed E-state index contributed by atoms with van der Waals surface area (Å²) >= 11 is 0. The van der Waals surface area contributed by atoms with E-state index < -0.39 is 0 Å². The van der Waals surface area contributed by atoms with Gasteiger partial charge < -0.3 is 10.4 Å². The molecule has 0 aromatic carbocycles. The molecule has 1 aromatic heterocycles. The molecule has 2 N–H and O–H groups in total. The standard InChI is InChI=1S/C12H23N3O/c1-4-6-11(5-2)13-12-9-10(3)14-15(12)7-8-16/h9,11,13,16H,4-8H2,1-3H3. The molecule has 0 fully saturated rings. The third-order valence-corrected chi connectivity index (χ3v) is 2.70. The van der Waals surface area contributed by atoms with Crippen LogP contribution in [-0.4, -0.2) is 27.5 Å². The van der Waals surface area contributed by atoms with Crippen LogP contribution in [0.5, 0.6) is 0 Å². The van der Waals surface area contributed by atoms with Gasteiger partial charge in [-0.25, -0.2) is 4.68 Å². The van der Waals surface area contributed by atoms with Crippen molar-refractivity contribution in [1.29, 1.82) is 0 Å². The second kappa shape index (κ2) is 6.53. The normalized spacial score (nSPS) is 12.8. The Morgan fingerprint density at radius 3 is 2.81 bits per heavy atom. The number of nitrogens with one attached hydrogen (secondary N) is 1. The van der Waals surface area contributed by atoms with E-state index in [0.29, 0.717) is 12.6 Å². The zero-order chi connectivity index (χ0) is 12.0. The molecular formula is C12H23N3O. The number of hydrogen-bond acceptors (Lipinski definition) is 3. The fourth-order valence-electron chi connectivity index (χ4n) is 1.86. The van der Waals surface area contributed by atoms with E-state index >= 15 is 0 Å². The number of rotatable bonds is 7. The van der Waals surface area contributed by atoms with Crippen molar-refractivity contribution in [2.24, 2.45) is 0 Å². The molecule has 0 saturated carbocycles. The molecule has 4 nitrogen and oxygen atoms in total. The molecule has 1 aromatic rings. The van der Waals surface area contributed by atoms with E-state index in [1.165, 1.54) is 12.8 Å². The van der Waals surface area contributed by atoms with Crippen LogP contribution in [0.1, 0.15) is 38.8 Å². The van der Waals surface area contributed by atoms with Crippen molar-refractivity contribution in [3.63, 3.8) is 0 Å². The van der Waals surface area contributed by atoms with Crippen LogP contribution < -0.4 is 5.32 Å². The van der Waals surface area contributed by atoms with Crippen LogP contribution in [0.3, 0.4) is 0 Å². The van der Waals surface area contributed by atoms with Gasteiger partial charge in [0.2, 0.25) is 0 Å². The summed E-state index contributed by atoms with van der Waals surface area (Å²) in [4.78, 5) is 0. The molecular weight excluding hydrogens is 202 g/mol. The van der Waals surface area contributed by atoms with E-state index in [1.807, 2.05) is 17.7 Å². The molecule has 0 radical (unpaired) electrons. The van der Waals surface area contributed by atoms with Crippen molar-refractivity contribution in [1.82, 2.24) is 9.78 Å². The number of anilines is 1. The van der Waals surface area contributed by atoms with Gasteiger partial charge in [-0.05, 0) is 19.8 Å². The predicted octanol–water partition coefficient (Wildman–Crippen LogP) is 2.17. The van der Waals surface area contributed by atoms with E-state index in [1.54, 1.807) is 0 Å². The van der Waals surface area contributed by atoms with Gasteiger partial charge in [0.1, 0.15) is 5.82 Å². The highest BCUT2D eigenvalue weighted by molar-refractivity contribution is 5.38. The molecule has 0 aliphatic rings. The molecule has 1 rings (SSSR count). The Balaban J connectivity index is 2.69. The molecule has 0 saturated heterocycles. The summed E-state index contributed by atoms with van der Waals surface area (Å²) in [5, 5.41) is 16.8. The van der Waals surface area contributed by atoms with E-state index in [4.69, 9.17) is 5.11 Å². The second-order valence-corrected chi connectivity index (χ2v) is 4.16. The molecule has 1 unspecified atom stereocenters. The summed E-state index contributed by atoms with van der Waals surface area (Å²) in [7, 11) is 0. The fraction of sp³-hybridized carbons (Fsp3) is 0.750. The summed E-state index contributed by atoms with van der Waals surface area (Å²) in [6, 6.07) is 2.53. The van der Waals surface area contributed by atoms with Gasteiger partial charge in [-0.15, -0.1) is 0 Å². The lowest BCUT2D eigenvalue weighted by molar-refractivity contribution is 0.270. The Hall–Kier alpha value is -1.03. The zero-order valence-electron chi connectivity index (χ0n) is 10.5. The van der Waals surface area contributed by atoms with Gasteiger partial charge in [-0.3, -0.25) is 0 Å². The first-order valence-electron chi connectivity index (χ1n) is 6.13. The Labute approximate surface area is 97.7 Å². The first kappa shape index (κ1) is 13.0. The molecule has 0 spiro atoms. The van der Waals surface area contributed by atoms with Crippen molar-refractivity contribution >= 4 is 5.82 Å². The summed E-state index contributed by atoms with van der Waals surface area (Å²) in [6.45, 7) is 7.03. The summed E-state index contributed by atoms with van der Waals surface area (Å²) in [6.07, 6.45) is 3.45. The minimum Gasteiger partial charge on any atom is -0.394 e. The zero-order valence-corrected chi connectivity index (χ0v) is 10.5. The molecule has 1 atom stereocenters. The first-order chi connectivity index (χ1) is 7.71. The highest BCUT2D eigenvalue weighted by atomic mass is 16.3. The van der Waals surface area contributed by atoms with Gasteiger partial charge in [0.15, 0.2) is 0 Å². The van der Waals surface area contributed by atoms with Gasteiger partial charge in [-0.2, -0.15) is 5.10 Å². The maximum absolute atomic E-state index is 8.96. The van der Waals surface area contributed by atoms with Crippen LogP contribution in [0.4, 0.5) is 5.82 Å². The Morgan fingerprint density at radius 2 is 2.25 bits per heavy atom. The molecule has 4 heteroatoms. The van der Waals surface area contributed by atoms with Crippen LogP contribution in [-0.2, 0) is 6.54 Å². The quantitative estimate of drug-likeness (QED) is 0.747. The molecule has 0 aliphatic heterocycles.